The number of hydrogen-bond acceptors (Lipinski definition) is 3. The molecular weight excluding hydrogens is 282 g/mol. The summed E-state index contributed by atoms with van der Waals surface area (Å²) in [7, 11) is 0. The van der Waals surface area contributed by atoms with E-state index in [0.29, 0.717) is 6.54 Å². The molecule has 2 aromatic heterocycles. The van der Waals surface area contributed by atoms with Gasteiger partial charge in [-0.2, -0.15) is 0 Å². The average Bonchev–Trinajstić information content (AvgIpc) is 2.68. The van der Waals surface area contributed by atoms with Gasteiger partial charge in [-0.25, -0.2) is 9.37 Å². The molecule has 0 spiro atoms. The zero-order valence-electron chi connectivity index (χ0n) is 8.71. The van der Waals surface area contributed by atoms with Gasteiger partial charge < -0.3 is 5.32 Å². The van der Waals surface area contributed by atoms with Crippen molar-refractivity contribution in [3.8, 4) is 0 Å². The minimum atomic E-state index is -0.443. The molecule has 0 aliphatic heterocycles. The Hall–Kier alpha value is -0.840. The summed E-state index contributed by atoms with van der Waals surface area (Å²) in [5.41, 5.74) is 0. The van der Waals surface area contributed by atoms with Crippen LogP contribution in [0.3, 0.4) is 0 Å². The van der Waals surface area contributed by atoms with Gasteiger partial charge >= 0.3 is 0 Å². The maximum Gasteiger partial charge on any atom is 0.166 e. The first-order chi connectivity index (χ1) is 8.15. The third-order valence-corrected chi connectivity index (χ3v) is 3.60. The molecule has 6 heteroatoms. The van der Waals surface area contributed by atoms with Crippen molar-refractivity contribution in [2.24, 2.45) is 0 Å². The minimum Gasteiger partial charge on any atom is -0.367 e. The van der Waals surface area contributed by atoms with Crippen LogP contribution in [0.2, 0.25) is 9.36 Å². The topological polar surface area (TPSA) is 24.9 Å². The number of aromatic nitrogens is 1. The molecule has 0 saturated carbocycles. The van der Waals surface area contributed by atoms with Gasteiger partial charge in [-0.3, -0.25) is 0 Å². The van der Waals surface area contributed by atoms with Crippen molar-refractivity contribution >= 4 is 40.4 Å². The Morgan fingerprint density at radius 2 is 2.18 bits per heavy atom. The molecule has 2 aromatic rings. The molecule has 0 atom stereocenters. The second-order valence-electron chi connectivity index (χ2n) is 3.37. The first kappa shape index (κ1) is 12.6. The molecule has 0 saturated heterocycles. The maximum atomic E-state index is 13.4. The lowest BCUT2D eigenvalue weighted by Crippen LogP contribution is -2.07. The Balaban J connectivity index is 1.90. The minimum absolute atomic E-state index is 0.219. The number of thiophene rings is 1. The SMILES string of the molecule is Fc1cc(Cl)cnc1NCCc1ccc(Cl)s1. The fourth-order valence-electron chi connectivity index (χ4n) is 1.33. The highest BCUT2D eigenvalue weighted by Crippen LogP contribution is 2.22. The summed E-state index contributed by atoms with van der Waals surface area (Å²) < 4.78 is 14.1. The van der Waals surface area contributed by atoms with Gasteiger partial charge in [-0.15, -0.1) is 11.3 Å². The van der Waals surface area contributed by atoms with E-state index in [9.17, 15) is 4.39 Å². The summed E-state index contributed by atoms with van der Waals surface area (Å²) in [6.45, 7) is 0.600. The molecule has 0 fully saturated rings. The van der Waals surface area contributed by atoms with Crippen molar-refractivity contribution in [1.29, 1.82) is 0 Å². The van der Waals surface area contributed by atoms with Crippen LogP contribution in [0.5, 0.6) is 0 Å². The van der Waals surface area contributed by atoms with Crippen LogP contribution in [0.4, 0.5) is 10.2 Å². The Bertz CT molecular complexity index is 516. The number of nitrogens with zero attached hydrogens (tertiary/aromatic N) is 1. The van der Waals surface area contributed by atoms with Crippen molar-refractivity contribution in [1.82, 2.24) is 4.98 Å². The lowest BCUT2D eigenvalue weighted by Gasteiger charge is -2.05. The molecule has 0 aromatic carbocycles. The Labute approximate surface area is 112 Å². The van der Waals surface area contributed by atoms with Crippen LogP contribution < -0.4 is 5.32 Å². The molecule has 17 heavy (non-hydrogen) atoms. The summed E-state index contributed by atoms with van der Waals surface area (Å²) in [5.74, 6) is -0.223. The second kappa shape index (κ2) is 5.67. The first-order valence-corrected chi connectivity index (χ1v) is 6.51. The van der Waals surface area contributed by atoms with Crippen LogP contribution in [0, 0.1) is 5.82 Å². The van der Waals surface area contributed by atoms with E-state index in [1.807, 2.05) is 12.1 Å². The van der Waals surface area contributed by atoms with Crippen LogP contribution in [-0.4, -0.2) is 11.5 Å². The van der Waals surface area contributed by atoms with Gasteiger partial charge in [0.1, 0.15) is 0 Å². The van der Waals surface area contributed by atoms with Crippen LogP contribution >= 0.6 is 34.5 Å². The summed E-state index contributed by atoms with van der Waals surface area (Å²) in [6.07, 6.45) is 2.19. The van der Waals surface area contributed by atoms with E-state index in [0.717, 1.165) is 15.6 Å². The van der Waals surface area contributed by atoms with Crippen molar-refractivity contribution in [3.63, 3.8) is 0 Å². The van der Waals surface area contributed by atoms with Crippen LogP contribution in [0.1, 0.15) is 4.88 Å². The Morgan fingerprint density at radius 3 is 2.82 bits per heavy atom. The number of anilines is 1. The predicted octanol–water partition coefficient (Wildman–Crippen LogP) is 4.24. The largest absolute Gasteiger partial charge is 0.367 e. The third-order valence-electron chi connectivity index (χ3n) is 2.10. The quantitative estimate of drug-likeness (QED) is 0.911. The number of nitrogens with one attached hydrogen (secondary N) is 1. The predicted molar refractivity (Wildman–Crippen MR) is 70.7 cm³/mol. The molecule has 0 radical (unpaired) electrons. The number of hydrogen-bond donors (Lipinski definition) is 1. The zero-order valence-corrected chi connectivity index (χ0v) is 11.0. The van der Waals surface area contributed by atoms with Crippen LogP contribution in [-0.2, 0) is 6.42 Å². The fourth-order valence-corrected chi connectivity index (χ4v) is 2.57. The van der Waals surface area contributed by atoms with Crippen molar-refractivity contribution in [2.45, 2.75) is 6.42 Å². The highest BCUT2D eigenvalue weighted by atomic mass is 35.5. The third kappa shape index (κ3) is 3.56. The molecule has 2 nitrogen and oxygen atoms in total. The summed E-state index contributed by atoms with van der Waals surface area (Å²) in [4.78, 5) is 5.02. The standard InChI is InChI=1S/C11H9Cl2FN2S/c12-7-5-9(14)11(16-6-7)15-4-3-8-1-2-10(13)17-8/h1-2,5-6H,3-4H2,(H,15,16). The average molecular weight is 291 g/mol. The second-order valence-corrected chi connectivity index (χ2v) is 5.60. The van der Waals surface area contributed by atoms with Gasteiger partial charge in [0.05, 0.1) is 9.36 Å². The Kier molecular flexibility index (Phi) is 4.20. The molecule has 0 bridgehead atoms. The smallest absolute Gasteiger partial charge is 0.166 e. The van der Waals surface area contributed by atoms with Gasteiger partial charge in [0.15, 0.2) is 11.6 Å². The van der Waals surface area contributed by atoms with E-state index in [1.165, 1.54) is 23.6 Å². The summed E-state index contributed by atoms with van der Waals surface area (Å²) in [5, 5.41) is 3.21. The molecule has 0 aliphatic rings. The van der Waals surface area contributed by atoms with Gasteiger partial charge in [0.25, 0.3) is 0 Å². The molecule has 2 heterocycles. The Morgan fingerprint density at radius 1 is 1.35 bits per heavy atom. The molecule has 2 rings (SSSR count). The number of rotatable bonds is 4. The van der Waals surface area contributed by atoms with E-state index in [1.54, 1.807) is 0 Å². The van der Waals surface area contributed by atoms with E-state index in [4.69, 9.17) is 23.2 Å². The van der Waals surface area contributed by atoms with Gasteiger partial charge in [-0.05, 0) is 24.6 Å². The number of pyridine rings is 1. The van der Waals surface area contributed by atoms with Crippen molar-refractivity contribution in [3.05, 3.63) is 44.4 Å². The molecule has 0 unspecified atom stereocenters. The van der Waals surface area contributed by atoms with Crippen molar-refractivity contribution < 1.29 is 4.39 Å². The lowest BCUT2D eigenvalue weighted by molar-refractivity contribution is 0.624. The van der Waals surface area contributed by atoms with Gasteiger partial charge in [0.2, 0.25) is 0 Å². The molecular formula is C11H9Cl2FN2S. The number of halogens is 3. The highest BCUT2D eigenvalue weighted by Gasteiger charge is 2.04. The molecule has 0 aliphatic carbocycles. The van der Waals surface area contributed by atoms with Crippen LogP contribution in [0.25, 0.3) is 0 Å². The monoisotopic (exact) mass is 290 g/mol. The lowest BCUT2D eigenvalue weighted by atomic mass is 10.3. The molecule has 1 N–H and O–H groups in total. The first-order valence-electron chi connectivity index (χ1n) is 4.94. The van der Waals surface area contributed by atoms with Gasteiger partial charge in [0, 0.05) is 17.6 Å². The van der Waals surface area contributed by atoms with E-state index in [-0.39, 0.29) is 10.8 Å². The van der Waals surface area contributed by atoms with Crippen LogP contribution in [0.15, 0.2) is 24.4 Å². The van der Waals surface area contributed by atoms with E-state index < -0.39 is 5.82 Å². The zero-order chi connectivity index (χ0) is 12.3. The molecule has 90 valence electrons. The van der Waals surface area contributed by atoms with E-state index >= 15 is 0 Å². The fraction of sp³-hybridized carbons (Fsp3) is 0.182. The maximum absolute atomic E-state index is 13.4. The van der Waals surface area contributed by atoms with Gasteiger partial charge in [-0.1, -0.05) is 23.2 Å². The summed E-state index contributed by atoms with van der Waals surface area (Å²) >= 11 is 12.9. The van der Waals surface area contributed by atoms with E-state index in [2.05, 4.69) is 10.3 Å². The molecule has 0 amide bonds. The summed E-state index contributed by atoms with van der Waals surface area (Å²) in [6, 6.07) is 5.04. The normalized spacial score (nSPS) is 10.5. The van der Waals surface area contributed by atoms with Crippen molar-refractivity contribution in [2.75, 3.05) is 11.9 Å². The highest BCUT2D eigenvalue weighted by molar-refractivity contribution is 7.16.